The maximum Gasteiger partial charge on any atom is 0.314 e. The number of carbonyl (C=O) groups excluding carboxylic acids is 3. The lowest BCUT2D eigenvalue weighted by Crippen LogP contribution is -2.30. The van der Waals surface area contributed by atoms with Crippen LogP contribution in [0, 0.1) is 3.57 Å². The van der Waals surface area contributed by atoms with Crippen molar-refractivity contribution in [3.05, 3.63) is 57.7 Å². The molecule has 0 atom stereocenters. The first kappa shape index (κ1) is 16.0. The average molecular weight is 409 g/mol. The third kappa shape index (κ3) is 4.04. The van der Waals surface area contributed by atoms with E-state index in [1.54, 1.807) is 36.4 Å². The molecule has 0 fully saturated rings. The van der Waals surface area contributed by atoms with Crippen molar-refractivity contribution in [2.75, 3.05) is 10.6 Å². The summed E-state index contributed by atoms with van der Waals surface area (Å²) in [5, 5.41) is 4.84. The lowest BCUT2D eigenvalue weighted by molar-refractivity contribution is -0.133. The molecule has 0 heterocycles. The molecule has 0 aromatic heterocycles. The Kier molecular flexibility index (Phi) is 5.10. The number of rotatable bonds is 3. The number of nitrogens with one attached hydrogen (secondary N) is 2. The van der Waals surface area contributed by atoms with Crippen LogP contribution in [-0.4, -0.2) is 17.7 Å². The summed E-state index contributed by atoms with van der Waals surface area (Å²) in [6, 6.07) is 13.2. The molecule has 0 aliphatic carbocycles. The summed E-state index contributed by atoms with van der Waals surface area (Å²) in [4.78, 5) is 35.0. The van der Waals surface area contributed by atoms with Crippen LogP contribution in [-0.2, 0) is 9.59 Å². The molecule has 6 nitrogen and oxygen atoms in total. The van der Waals surface area contributed by atoms with Gasteiger partial charge in [0.15, 0.2) is 0 Å². The average Bonchev–Trinajstić information content (AvgIpc) is 2.49. The normalized spacial score (nSPS) is 9.86. The molecule has 2 aromatic rings. The van der Waals surface area contributed by atoms with E-state index in [1.165, 1.54) is 12.1 Å². The predicted molar refractivity (Wildman–Crippen MR) is 91.4 cm³/mol. The Hall–Kier alpha value is -2.42. The third-order valence-corrected chi connectivity index (χ3v) is 3.47. The molecular weight excluding hydrogens is 397 g/mol. The van der Waals surface area contributed by atoms with Gasteiger partial charge in [0.1, 0.15) is 0 Å². The highest BCUT2D eigenvalue weighted by Gasteiger charge is 2.16. The van der Waals surface area contributed by atoms with Crippen LogP contribution in [0.4, 0.5) is 11.4 Å². The van der Waals surface area contributed by atoms with Gasteiger partial charge in [-0.3, -0.25) is 14.4 Å². The van der Waals surface area contributed by atoms with Gasteiger partial charge in [0.25, 0.3) is 5.91 Å². The van der Waals surface area contributed by atoms with Crippen LogP contribution in [0.5, 0.6) is 0 Å². The van der Waals surface area contributed by atoms with Gasteiger partial charge in [-0.2, -0.15) is 0 Å². The summed E-state index contributed by atoms with van der Waals surface area (Å²) in [7, 11) is 0. The fourth-order valence-corrected chi connectivity index (χ4v) is 2.07. The lowest BCUT2D eigenvalue weighted by atomic mass is 10.1. The first-order valence-electron chi connectivity index (χ1n) is 6.24. The first-order valence-corrected chi connectivity index (χ1v) is 7.32. The Morgan fingerprint density at radius 3 is 2.09 bits per heavy atom. The van der Waals surface area contributed by atoms with Crippen molar-refractivity contribution >= 4 is 51.7 Å². The highest BCUT2D eigenvalue weighted by atomic mass is 127. The number of hydrogen-bond donors (Lipinski definition) is 3. The molecule has 0 unspecified atom stereocenters. The minimum atomic E-state index is -0.882. The summed E-state index contributed by atoms with van der Waals surface area (Å²) >= 11 is 2.13. The highest BCUT2D eigenvalue weighted by Crippen LogP contribution is 2.15. The quantitative estimate of drug-likeness (QED) is 0.534. The van der Waals surface area contributed by atoms with Crippen LogP contribution >= 0.6 is 22.6 Å². The van der Waals surface area contributed by atoms with E-state index in [9.17, 15) is 14.4 Å². The van der Waals surface area contributed by atoms with Crippen LogP contribution in [0.25, 0.3) is 0 Å². The Morgan fingerprint density at radius 2 is 1.45 bits per heavy atom. The van der Waals surface area contributed by atoms with E-state index in [2.05, 4.69) is 33.2 Å². The topological polar surface area (TPSA) is 101 Å². The summed E-state index contributed by atoms with van der Waals surface area (Å²) in [6.45, 7) is 0. The van der Waals surface area contributed by atoms with E-state index in [0.29, 0.717) is 5.69 Å². The van der Waals surface area contributed by atoms with E-state index >= 15 is 0 Å². The summed E-state index contributed by atoms with van der Waals surface area (Å²) in [5.74, 6) is -2.40. The molecule has 7 heteroatoms. The minimum Gasteiger partial charge on any atom is -0.366 e. The third-order valence-electron chi connectivity index (χ3n) is 2.75. The number of para-hydroxylation sites is 1. The minimum absolute atomic E-state index is 0.137. The number of anilines is 2. The summed E-state index contributed by atoms with van der Waals surface area (Å²) in [6.07, 6.45) is 0. The number of benzene rings is 2. The Morgan fingerprint density at radius 1 is 0.864 bits per heavy atom. The predicted octanol–water partition coefficient (Wildman–Crippen LogP) is 1.97. The van der Waals surface area contributed by atoms with Crippen molar-refractivity contribution in [2.45, 2.75) is 0 Å². The van der Waals surface area contributed by atoms with Crippen molar-refractivity contribution in [3.8, 4) is 0 Å². The molecule has 0 aliphatic heterocycles. The molecule has 0 radical (unpaired) electrons. The highest BCUT2D eigenvalue weighted by molar-refractivity contribution is 14.1. The fraction of sp³-hybridized carbons (Fsp3) is 0. The second kappa shape index (κ2) is 7.03. The van der Waals surface area contributed by atoms with Crippen LogP contribution in [0.1, 0.15) is 10.4 Å². The van der Waals surface area contributed by atoms with Gasteiger partial charge in [-0.1, -0.05) is 12.1 Å². The molecule has 0 saturated carbocycles. The monoisotopic (exact) mass is 409 g/mol. The zero-order chi connectivity index (χ0) is 16.1. The van der Waals surface area contributed by atoms with Crippen LogP contribution in [0.3, 0.4) is 0 Å². The second-order valence-electron chi connectivity index (χ2n) is 4.32. The van der Waals surface area contributed by atoms with Gasteiger partial charge in [-0.15, -0.1) is 0 Å². The van der Waals surface area contributed by atoms with Gasteiger partial charge in [-0.25, -0.2) is 0 Å². The summed E-state index contributed by atoms with van der Waals surface area (Å²) in [5.41, 5.74) is 6.05. The van der Waals surface area contributed by atoms with Crippen LogP contribution in [0.2, 0.25) is 0 Å². The van der Waals surface area contributed by atoms with E-state index in [1.807, 2.05) is 0 Å². The van der Waals surface area contributed by atoms with E-state index in [0.717, 1.165) is 3.57 Å². The number of halogens is 1. The number of nitrogens with two attached hydrogens (primary N) is 1. The van der Waals surface area contributed by atoms with Gasteiger partial charge >= 0.3 is 11.8 Å². The number of primary amides is 1. The standard InChI is InChI=1S/C15H12IN3O3/c16-9-5-7-10(8-6-9)18-14(21)15(22)19-12-4-2-1-3-11(12)13(17)20/h1-8H,(H2,17,20)(H,18,21)(H,19,22). The van der Waals surface area contributed by atoms with Crippen molar-refractivity contribution in [2.24, 2.45) is 5.73 Å². The molecule has 0 spiro atoms. The molecule has 0 saturated heterocycles. The largest absolute Gasteiger partial charge is 0.366 e. The maximum absolute atomic E-state index is 11.9. The molecule has 22 heavy (non-hydrogen) atoms. The van der Waals surface area contributed by atoms with Gasteiger partial charge < -0.3 is 16.4 Å². The second-order valence-corrected chi connectivity index (χ2v) is 5.57. The molecule has 112 valence electrons. The SMILES string of the molecule is NC(=O)c1ccccc1NC(=O)C(=O)Nc1ccc(I)cc1. The maximum atomic E-state index is 11.9. The molecule has 3 amide bonds. The summed E-state index contributed by atoms with van der Waals surface area (Å²) < 4.78 is 1.01. The molecular formula is C15H12IN3O3. The lowest BCUT2D eigenvalue weighted by Gasteiger charge is -2.09. The molecule has 4 N–H and O–H groups in total. The zero-order valence-electron chi connectivity index (χ0n) is 11.3. The van der Waals surface area contributed by atoms with E-state index in [-0.39, 0.29) is 11.3 Å². The van der Waals surface area contributed by atoms with E-state index in [4.69, 9.17) is 5.73 Å². The fourth-order valence-electron chi connectivity index (χ4n) is 1.71. The smallest absolute Gasteiger partial charge is 0.314 e. The zero-order valence-corrected chi connectivity index (χ0v) is 13.5. The number of hydrogen-bond acceptors (Lipinski definition) is 3. The number of amides is 3. The Bertz CT molecular complexity index is 729. The van der Waals surface area contributed by atoms with Crippen molar-refractivity contribution < 1.29 is 14.4 Å². The number of carbonyl (C=O) groups is 3. The van der Waals surface area contributed by atoms with Gasteiger partial charge in [-0.05, 0) is 59.0 Å². The van der Waals surface area contributed by atoms with Crippen molar-refractivity contribution in [3.63, 3.8) is 0 Å². The molecule has 2 aromatic carbocycles. The Balaban J connectivity index is 2.07. The van der Waals surface area contributed by atoms with Crippen LogP contribution in [0.15, 0.2) is 48.5 Å². The van der Waals surface area contributed by atoms with Crippen molar-refractivity contribution in [1.82, 2.24) is 0 Å². The van der Waals surface area contributed by atoms with Gasteiger partial charge in [0, 0.05) is 9.26 Å². The van der Waals surface area contributed by atoms with Crippen molar-refractivity contribution in [1.29, 1.82) is 0 Å². The van der Waals surface area contributed by atoms with Crippen LogP contribution < -0.4 is 16.4 Å². The first-order chi connectivity index (χ1) is 10.5. The molecule has 0 aliphatic rings. The van der Waals surface area contributed by atoms with Gasteiger partial charge in [0.2, 0.25) is 0 Å². The molecule has 2 rings (SSSR count). The van der Waals surface area contributed by atoms with E-state index < -0.39 is 17.7 Å². The molecule has 0 bridgehead atoms. The van der Waals surface area contributed by atoms with Gasteiger partial charge in [0.05, 0.1) is 11.3 Å². The Labute approximate surface area is 140 Å².